The van der Waals surface area contributed by atoms with E-state index in [1.165, 1.54) is 6.92 Å². The zero-order valence-corrected chi connectivity index (χ0v) is 12.4. The molecule has 0 bridgehead atoms. The van der Waals surface area contributed by atoms with Crippen LogP contribution >= 0.6 is 12.4 Å². The van der Waals surface area contributed by atoms with Crippen LogP contribution in [0.25, 0.3) is 0 Å². The van der Waals surface area contributed by atoms with Crippen LogP contribution in [-0.2, 0) is 9.53 Å². The number of ether oxygens (including phenoxy) is 2. The quantitative estimate of drug-likeness (QED) is 0.619. The van der Waals surface area contributed by atoms with Crippen LogP contribution in [0.3, 0.4) is 0 Å². The fourth-order valence-electron chi connectivity index (χ4n) is 1.53. The Labute approximate surface area is 133 Å². The highest BCUT2D eigenvalue weighted by Gasteiger charge is 2.48. The summed E-state index contributed by atoms with van der Waals surface area (Å²) in [7, 11) is 0. The number of nitrogens with two attached hydrogens (primary N) is 1. The minimum Gasteiger partial charge on any atom is -0.508 e. The zero-order chi connectivity index (χ0) is 17.1. The second-order valence-corrected chi connectivity index (χ2v) is 4.09. The number of benzene rings is 1. The molecule has 0 radical (unpaired) electrons. The zero-order valence-electron chi connectivity index (χ0n) is 11.6. The molecule has 0 aromatic heterocycles. The molecule has 1 atom stereocenters. The van der Waals surface area contributed by atoms with Gasteiger partial charge in [0.2, 0.25) is 0 Å². The maximum absolute atomic E-state index is 13.8. The first-order chi connectivity index (χ1) is 9.99. The second kappa shape index (κ2) is 7.64. The number of hydrogen-bond acceptors (Lipinski definition) is 5. The van der Waals surface area contributed by atoms with Gasteiger partial charge in [0, 0.05) is 5.56 Å². The molecule has 11 heteroatoms. The molecule has 0 saturated carbocycles. The Morgan fingerprint density at radius 3 is 2.35 bits per heavy atom. The molecule has 3 N–H and O–H groups in total. The summed E-state index contributed by atoms with van der Waals surface area (Å²) in [6, 6.07) is -0.539. The Bertz CT molecular complexity index is 553. The van der Waals surface area contributed by atoms with Crippen LogP contribution in [-0.4, -0.2) is 30.0 Å². The van der Waals surface area contributed by atoms with Gasteiger partial charge in [-0.25, -0.2) is 4.79 Å². The first-order valence-corrected chi connectivity index (χ1v) is 5.88. The number of rotatable bonds is 5. The summed E-state index contributed by atoms with van der Waals surface area (Å²) < 4.78 is 71.5. The minimum absolute atomic E-state index is 0. The molecule has 0 heterocycles. The molecule has 1 rings (SSSR count). The van der Waals surface area contributed by atoms with Gasteiger partial charge in [0.05, 0.1) is 6.61 Å². The number of alkyl halides is 5. The van der Waals surface area contributed by atoms with Crippen molar-refractivity contribution in [2.45, 2.75) is 25.3 Å². The molecule has 0 aliphatic carbocycles. The third kappa shape index (κ3) is 5.39. The lowest BCUT2D eigenvalue weighted by Crippen LogP contribution is -2.41. The number of aromatic hydroxyl groups is 1. The summed E-state index contributed by atoms with van der Waals surface area (Å²) in [5.41, 5.74) is 4.40. The predicted octanol–water partition coefficient (Wildman–Crippen LogP) is 2.91. The molecule has 1 aromatic rings. The minimum atomic E-state index is -5.05. The van der Waals surface area contributed by atoms with Crippen LogP contribution in [0.1, 0.15) is 18.5 Å². The molecule has 0 spiro atoms. The Kier molecular flexibility index (Phi) is 7.04. The van der Waals surface area contributed by atoms with Gasteiger partial charge < -0.3 is 20.3 Å². The maximum Gasteiger partial charge on any atom is 0.573 e. The van der Waals surface area contributed by atoms with Crippen molar-refractivity contribution in [2.75, 3.05) is 6.61 Å². The topological polar surface area (TPSA) is 81.8 Å². The highest BCUT2D eigenvalue weighted by Crippen LogP contribution is 2.37. The number of halogens is 6. The van der Waals surface area contributed by atoms with Gasteiger partial charge in [-0.1, -0.05) is 0 Å². The van der Waals surface area contributed by atoms with Crippen LogP contribution < -0.4 is 10.5 Å². The van der Waals surface area contributed by atoms with Crippen molar-refractivity contribution in [1.82, 2.24) is 0 Å². The van der Waals surface area contributed by atoms with Crippen molar-refractivity contribution in [1.29, 1.82) is 0 Å². The van der Waals surface area contributed by atoms with E-state index in [0.29, 0.717) is 18.2 Å². The van der Waals surface area contributed by atoms with Gasteiger partial charge in [-0.05, 0) is 25.1 Å². The largest absolute Gasteiger partial charge is 0.573 e. The van der Waals surface area contributed by atoms with Gasteiger partial charge in [0.15, 0.2) is 0 Å². The first-order valence-electron chi connectivity index (χ1n) is 5.88. The molecular weight excluding hydrogens is 353 g/mol. The van der Waals surface area contributed by atoms with Crippen molar-refractivity contribution < 1.29 is 41.3 Å². The van der Waals surface area contributed by atoms with Gasteiger partial charge in [0.1, 0.15) is 17.5 Å². The summed E-state index contributed by atoms with van der Waals surface area (Å²) in [6.07, 6.45) is -5.05. The van der Waals surface area contributed by atoms with Crippen molar-refractivity contribution >= 4 is 18.4 Å². The molecule has 0 saturated heterocycles. The number of carbonyl (C=O) groups is 1. The highest BCUT2D eigenvalue weighted by atomic mass is 35.5. The molecule has 1 aromatic carbocycles. The molecule has 132 valence electrons. The summed E-state index contributed by atoms with van der Waals surface area (Å²) in [5.74, 6) is -7.88. The van der Waals surface area contributed by atoms with Crippen molar-refractivity contribution in [3.63, 3.8) is 0 Å². The fourth-order valence-corrected chi connectivity index (χ4v) is 1.53. The van der Waals surface area contributed by atoms with Gasteiger partial charge in [-0.3, -0.25) is 0 Å². The summed E-state index contributed by atoms with van der Waals surface area (Å²) >= 11 is 0. The van der Waals surface area contributed by atoms with Crippen molar-refractivity contribution in [2.24, 2.45) is 5.73 Å². The third-order valence-corrected chi connectivity index (χ3v) is 2.51. The molecule has 0 aliphatic rings. The van der Waals surface area contributed by atoms with E-state index >= 15 is 0 Å². The van der Waals surface area contributed by atoms with Gasteiger partial charge in [-0.2, -0.15) is 8.78 Å². The van der Waals surface area contributed by atoms with E-state index in [9.17, 15) is 31.9 Å². The molecule has 0 fully saturated rings. The predicted molar refractivity (Wildman–Crippen MR) is 70.5 cm³/mol. The third-order valence-electron chi connectivity index (χ3n) is 2.51. The lowest BCUT2D eigenvalue weighted by atomic mass is 10.00. The number of phenolic OH excluding ortho intramolecular Hbond substituents is 1. The monoisotopic (exact) mass is 365 g/mol. The average molecular weight is 366 g/mol. The van der Waals surface area contributed by atoms with Crippen LogP contribution in [0.2, 0.25) is 0 Å². The van der Waals surface area contributed by atoms with E-state index in [1.54, 1.807) is 0 Å². The normalized spacial score (nSPS) is 13.0. The molecule has 0 amide bonds. The summed E-state index contributed by atoms with van der Waals surface area (Å²) in [5, 5.41) is 9.48. The van der Waals surface area contributed by atoms with Gasteiger partial charge in [0.25, 0.3) is 0 Å². The Hall–Kier alpha value is -1.81. The lowest BCUT2D eigenvalue weighted by Gasteiger charge is -2.23. The maximum atomic E-state index is 13.8. The van der Waals surface area contributed by atoms with Crippen LogP contribution in [0.4, 0.5) is 22.0 Å². The van der Waals surface area contributed by atoms with E-state index in [-0.39, 0.29) is 19.0 Å². The highest BCUT2D eigenvalue weighted by molar-refractivity contribution is 5.85. The number of carbonyl (C=O) groups excluding carboxylic acids is 1. The van der Waals surface area contributed by atoms with Crippen molar-refractivity contribution in [3.8, 4) is 11.5 Å². The average Bonchev–Trinajstić information content (AvgIpc) is 2.38. The Balaban J connectivity index is 0.00000484. The molecule has 0 aliphatic heterocycles. The van der Waals surface area contributed by atoms with Gasteiger partial charge in [-0.15, -0.1) is 25.6 Å². The standard InChI is InChI=1S/C12H12F5NO4.ClH/c1-2-21-10(20)11(13,14)9(18)7-5-6(3-4-8(7)19)22-12(15,16)17;/h3-5,9,19H,2,18H2,1H3;1H/t9-;/m0./s1. The van der Waals surface area contributed by atoms with Crippen LogP contribution in [0.15, 0.2) is 18.2 Å². The Morgan fingerprint density at radius 2 is 1.87 bits per heavy atom. The SMILES string of the molecule is CCOC(=O)C(F)(F)[C@@H](N)c1cc(OC(F)(F)F)ccc1O.Cl. The van der Waals surface area contributed by atoms with Crippen molar-refractivity contribution in [3.05, 3.63) is 23.8 Å². The first kappa shape index (κ1) is 21.2. The number of phenols is 1. The number of hydrogen-bond donors (Lipinski definition) is 2. The molecule has 23 heavy (non-hydrogen) atoms. The molecule has 5 nitrogen and oxygen atoms in total. The van der Waals surface area contributed by atoms with Gasteiger partial charge >= 0.3 is 18.3 Å². The molecular formula is C12H13ClF5NO4. The van der Waals surface area contributed by atoms with E-state index in [0.717, 1.165) is 0 Å². The van der Waals surface area contributed by atoms with Crippen LogP contribution in [0, 0.1) is 0 Å². The van der Waals surface area contributed by atoms with E-state index < -0.39 is 41.4 Å². The van der Waals surface area contributed by atoms with E-state index in [2.05, 4.69) is 9.47 Å². The second-order valence-electron chi connectivity index (χ2n) is 4.09. The van der Waals surface area contributed by atoms with Crippen LogP contribution in [0.5, 0.6) is 11.5 Å². The smallest absolute Gasteiger partial charge is 0.508 e. The molecule has 0 unspecified atom stereocenters. The summed E-state index contributed by atoms with van der Waals surface area (Å²) in [6.45, 7) is 0.944. The lowest BCUT2D eigenvalue weighted by molar-refractivity contribution is -0.274. The Morgan fingerprint density at radius 1 is 1.30 bits per heavy atom. The van der Waals surface area contributed by atoms with E-state index in [1.807, 2.05) is 0 Å². The fraction of sp³-hybridized carbons (Fsp3) is 0.417. The van der Waals surface area contributed by atoms with E-state index in [4.69, 9.17) is 5.73 Å². The number of esters is 1. The summed E-state index contributed by atoms with van der Waals surface area (Å²) in [4.78, 5) is 11.2.